The van der Waals surface area contributed by atoms with Crippen LogP contribution >= 0.6 is 23.2 Å². The molecule has 0 aromatic heterocycles. The quantitative estimate of drug-likeness (QED) is 0.456. The van der Waals surface area contributed by atoms with Crippen molar-refractivity contribution in [3.05, 3.63) is 35.9 Å². The number of rotatable bonds is 3. The first kappa shape index (κ1) is 11.0. The van der Waals surface area contributed by atoms with Crippen molar-refractivity contribution in [1.82, 2.24) is 0 Å². The van der Waals surface area contributed by atoms with E-state index in [1.165, 1.54) is 0 Å². The minimum Gasteiger partial charge on any atom is -0.433 e. The molecule has 1 aromatic carbocycles. The molecule has 0 N–H and O–H groups in total. The van der Waals surface area contributed by atoms with Gasteiger partial charge in [-0.25, -0.2) is 4.79 Å². The van der Waals surface area contributed by atoms with E-state index in [2.05, 4.69) is 4.74 Å². The zero-order valence-corrected chi connectivity index (χ0v) is 8.46. The van der Waals surface area contributed by atoms with Crippen LogP contribution in [0.15, 0.2) is 30.3 Å². The monoisotopic (exact) mass is 232 g/mol. The van der Waals surface area contributed by atoms with Crippen molar-refractivity contribution in [2.75, 3.05) is 0 Å². The average Bonchev–Trinajstić information content (AvgIpc) is 2.19. The summed E-state index contributed by atoms with van der Waals surface area (Å²) in [5.41, 5.74) is -1.12. The molecule has 1 atom stereocenters. The zero-order valence-electron chi connectivity index (χ0n) is 6.94. The maximum atomic E-state index is 11.2. The number of esters is 1. The molecule has 0 saturated heterocycles. The van der Waals surface area contributed by atoms with Gasteiger partial charge in [0.25, 0.3) is 5.24 Å². The molecule has 74 valence electrons. The van der Waals surface area contributed by atoms with Crippen molar-refractivity contribution in [2.24, 2.45) is 0 Å². The number of carbonyl (C=O) groups is 2. The minimum absolute atomic E-state index is 0.316. The molecule has 0 bridgehead atoms. The highest BCUT2D eigenvalue weighted by Crippen LogP contribution is 2.08. The Kier molecular flexibility index (Phi) is 3.92. The summed E-state index contributed by atoms with van der Waals surface area (Å²) in [4.78, 5) is 21.7. The molecule has 0 aliphatic heterocycles. The van der Waals surface area contributed by atoms with E-state index in [1.807, 2.05) is 0 Å². The lowest BCUT2D eigenvalue weighted by atomic mass is 10.2. The standard InChI is InChI=1S/C9H6Cl2O3/c10-7(12)8(11)14-9(13)6-4-2-1-3-5-6/h1-5,8H. The maximum Gasteiger partial charge on any atom is 0.340 e. The van der Waals surface area contributed by atoms with E-state index in [0.717, 1.165) is 0 Å². The van der Waals surface area contributed by atoms with Crippen molar-refractivity contribution in [1.29, 1.82) is 0 Å². The second-order valence-corrected chi connectivity index (χ2v) is 3.16. The normalized spacial score (nSPS) is 11.9. The predicted molar refractivity (Wildman–Crippen MR) is 52.4 cm³/mol. The first-order valence-electron chi connectivity index (χ1n) is 3.70. The highest BCUT2D eigenvalue weighted by Gasteiger charge is 2.18. The van der Waals surface area contributed by atoms with Crippen LogP contribution in [-0.4, -0.2) is 16.8 Å². The fraction of sp³-hybridized carbons (Fsp3) is 0.111. The van der Waals surface area contributed by atoms with Crippen LogP contribution in [0.4, 0.5) is 0 Å². The Balaban J connectivity index is 2.64. The zero-order chi connectivity index (χ0) is 10.6. The Labute approximate surface area is 90.6 Å². The van der Waals surface area contributed by atoms with Gasteiger partial charge in [0.2, 0.25) is 5.56 Å². The van der Waals surface area contributed by atoms with Gasteiger partial charge in [-0.3, -0.25) is 4.79 Å². The summed E-state index contributed by atoms with van der Waals surface area (Å²) < 4.78 is 4.54. The van der Waals surface area contributed by atoms with E-state index in [1.54, 1.807) is 30.3 Å². The summed E-state index contributed by atoms with van der Waals surface area (Å²) in [7, 11) is 0. The van der Waals surface area contributed by atoms with Crippen molar-refractivity contribution < 1.29 is 14.3 Å². The Morgan fingerprint density at radius 3 is 2.29 bits per heavy atom. The number of benzene rings is 1. The molecule has 0 aliphatic carbocycles. The summed E-state index contributed by atoms with van der Waals surface area (Å²) >= 11 is 10.3. The van der Waals surface area contributed by atoms with E-state index < -0.39 is 16.8 Å². The van der Waals surface area contributed by atoms with Crippen LogP contribution < -0.4 is 0 Å². The van der Waals surface area contributed by atoms with Crippen molar-refractivity contribution >= 4 is 34.4 Å². The summed E-state index contributed by atoms with van der Waals surface area (Å²) in [5, 5.41) is -0.920. The van der Waals surface area contributed by atoms with Gasteiger partial charge in [0.05, 0.1) is 5.56 Å². The number of carbonyl (C=O) groups excluding carboxylic acids is 2. The molecule has 0 fully saturated rings. The van der Waals surface area contributed by atoms with Crippen LogP contribution in [0.25, 0.3) is 0 Å². The van der Waals surface area contributed by atoms with E-state index in [9.17, 15) is 9.59 Å². The topological polar surface area (TPSA) is 43.4 Å². The molecular formula is C9H6Cl2O3. The number of halogens is 2. The number of alkyl halides is 1. The molecule has 0 amide bonds. The number of ether oxygens (including phenoxy) is 1. The molecule has 0 heterocycles. The third-order valence-corrected chi connectivity index (χ3v) is 2.00. The number of hydrogen-bond donors (Lipinski definition) is 0. The van der Waals surface area contributed by atoms with Crippen molar-refractivity contribution in [3.8, 4) is 0 Å². The summed E-state index contributed by atoms with van der Waals surface area (Å²) in [6.45, 7) is 0. The number of hydrogen-bond acceptors (Lipinski definition) is 3. The first-order valence-corrected chi connectivity index (χ1v) is 4.52. The van der Waals surface area contributed by atoms with Crippen LogP contribution in [0.1, 0.15) is 10.4 Å². The minimum atomic E-state index is -1.44. The molecule has 0 radical (unpaired) electrons. The van der Waals surface area contributed by atoms with Gasteiger partial charge in [-0.05, 0) is 23.7 Å². The van der Waals surface area contributed by atoms with Gasteiger partial charge in [0.15, 0.2) is 0 Å². The first-order chi connectivity index (χ1) is 6.61. The fourth-order valence-electron chi connectivity index (χ4n) is 0.783. The fourth-order valence-corrected chi connectivity index (χ4v) is 0.908. The molecule has 0 aliphatic rings. The Bertz CT molecular complexity index is 337. The Morgan fingerprint density at radius 1 is 1.21 bits per heavy atom. The lowest BCUT2D eigenvalue weighted by molar-refractivity contribution is -0.116. The molecule has 5 heteroatoms. The van der Waals surface area contributed by atoms with Gasteiger partial charge in [-0.15, -0.1) is 0 Å². The maximum absolute atomic E-state index is 11.2. The second-order valence-electron chi connectivity index (χ2n) is 2.39. The Morgan fingerprint density at radius 2 is 1.79 bits per heavy atom. The van der Waals surface area contributed by atoms with Crippen molar-refractivity contribution in [3.63, 3.8) is 0 Å². The van der Waals surface area contributed by atoms with Crippen LogP contribution in [0.2, 0.25) is 0 Å². The molecule has 0 saturated carbocycles. The van der Waals surface area contributed by atoms with Crippen LogP contribution in [0.5, 0.6) is 0 Å². The van der Waals surface area contributed by atoms with Gasteiger partial charge < -0.3 is 4.74 Å². The third kappa shape index (κ3) is 3.01. The van der Waals surface area contributed by atoms with Gasteiger partial charge in [-0.2, -0.15) is 0 Å². The van der Waals surface area contributed by atoms with E-state index >= 15 is 0 Å². The average molecular weight is 233 g/mol. The van der Waals surface area contributed by atoms with Crippen LogP contribution in [0, 0.1) is 0 Å². The van der Waals surface area contributed by atoms with E-state index in [0.29, 0.717) is 5.56 Å². The van der Waals surface area contributed by atoms with Crippen LogP contribution in [-0.2, 0) is 9.53 Å². The summed E-state index contributed by atoms with van der Waals surface area (Å²) in [6, 6.07) is 8.18. The lowest BCUT2D eigenvalue weighted by Gasteiger charge is -2.06. The third-order valence-electron chi connectivity index (χ3n) is 1.40. The SMILES string of the molecule is O=C(OC(Cl)C(=O)Cl)c1ccccc1. The molecule has 0 spiro atoms. The molecule has 14 heavy (non-hydrogen) atoms. The molecule has 3 nitrogen and oxygen atoms in total. The highest BCUT2D eigenvalue weighted by molar-refractivity contribution is 6.68. The van der Waals surface area contributed by atoms with Gasteiger partial charge in [0.1, 0.15) is 0 Å². The molecule has 1 unspecified atom stereocenters. The van der Waals surface area contributed by atoms with E-state index in [-0.39, 0.29) is 0 Å². The van der Waals surface area contributed by atoms with Crippen molar-refractivity contribution in [2.45, 2.75) is 5.56 Å². The smallest absolute Gasteiger partial charge is 0.340 e. The van der Waals surface area contributed by atoms with Gasteiger partial charge in [0, 0.05) is 0 Å². The largest absolute Gasteiger partial charge is 0.433 e. The molecule has 1 aromatic rings. The lowest BCUT2D eigenvalue weighted by Crippen LogP contribution is -2.18. The van der Waals surface area contributed by atoms with Gasteiger partial charge >= 0.3 is 5.97 Å². The molecular weight excluding hydrogens is 227 g/mol. The summed E-state index contributed by atoms with van der Waals surface area (Å²) in [5.74, 6) is -0.681. The van der Waals surface area contributed by atoms with E-state index in [4.69, 9.17) is 23.2 Å². The Hall–Kier alpha value is -1.06. The predicted octanol–water partition coefficient (Wildman–Crippen LogP) is 2.17. The molecule has 1 rings (SSSR count). The second kappa shape index (κ2) is 4.98. The highest BCUT2D eigenvalue weighted by atomic mass is 35.5. The van der Waals surface area contributed by atoms with Gasteiger partial charge in [-0.1, -0.05) is 29.8 Å². The van der Waals surface area contributed by atoms with Crippen LogP contribution in [0.3, 0.4) is 0 Å². The summed E-state index contributed by atoms with van der Waals surface area (Å²) in [6.07, 6.45) is 0.